The Morgan fingerprint density at radius 3 is 2.17 bits per heavy atom. The fourth-order valence-electron chi connectivity index (χ4n) is 2.61. The number of rotatable bonds is 7. The summed E-state index contributed by atoms with van der Waals surface area (Å²) in [5.74, 6) is 1.27. The number of halogens is 1. The quantitative estimate of drug-likeness (QED) is 0.651. The van der Waals surface area contributed by atoms with Gasteiger partial charge in [-0.2, -0.15) is 4.31 Å². The topological polar surface area (TPSA) is 55.8 Å². The number of hydrogen-bond donors (Lipinski definition) is 0. The molecule has 7 heteroatoms. The van der Waals surface area contributed by atoms with Gasteiger partial charge in [-0.3, -0.25) is 0 Å². The molecule has 24 heavy (non-hydrogen) atoms. The molecule has 2 aromatic carbocycles. The number of fused-ring (bicyclic) bond motifs is 1. The summed E-state index contributed by atoms with van der Waals surface area (Å²) in [6.45, 7) is 3.99. The molecule has 0 N–H and O–H groups in total. The summed E-state index contributed by atoms with van der Waals surface area (Å²) < 4.78 is 37.2. The maximum atomic E-state index is 12.0. The molecular formula is C17H20BrNO4S. The van der Waals surface area contributed by atoms with Gasteiger partial charge in [0.05, 0.1) is 24.9 Å². The van der Waals surface area contributed by atoms with Gasteiger partial charge in [-0.05, 0) is 15.9 Å². The average molecular weight is 414 g/mol. The van der Waals surface area contributed by atoms with E-state index in [-0.39, 0.29) is 13.1 Å². The van der Waals surface area contributed by atoms with Crippen LogP contribution in [0.4, 0.5) is 0 Å². The van der Waals surface area contributed by atoms with Crippen molar-refractivity contribution in [1.82, 2.24) is 4.31 Å². The Labute approximate surface area is 151 Å². The molecule has 5 nitrogen and oxygen atoms in total. The Bertz CT molecular complexity index is 865. The fourth-order valence-corrected chi connectivity index (χ4v) is 4.03. The van der Waals surface area contributed by atoms with Gasteiger partial charge in [0.15, 0.2) is 0 Å². The Morgan fingerprint density at radius 1 is 1.17 bits per heavy atom. The van der Waals surface area contributed by atoms with Crippen molar-refractivity contribution >= 4 is 36.7 Å². The zero-order valence-corrected chi connectivity index (χ0v) is 16.3. The molecule has 0 saturated heterocycles. The van der Waals surface area contributed by atoms with Gasteiger partial charge < -0.3 is 9.47 Å². The van der Waals surface area contributed by atoms with Gasteiger partial charge in [0.1, 0.15) is 11.5 Å². The molecule has 0 aliphatic carbocycles. The summed E-state index contributed by atoms with van der Waals surface area (Å²) in [4.78, 5) is 0. The zero-order valence-electron chi connectivity index (χ0n) is 13.9. The van der Waals surface area contributed by atoms with E-state index in [1.165, 1.54) is 10.6 Å². The van der Waals surface area contributed by atoms with Crippen molar-refractivity contribution in [3.05, 3.63) is 47.0 Å². The van der Waals surface area contributed by atoms with Crippen molar-refractivity contribution in [2.75, 3.05) is 27.0 Å². The molecule has 0 radical (unpaired) electrons. The average Bonchev–Trinajstić information content (AvgIpc) is 2.54. The second kappa shape index (κ2) is 7.55. The Hall–Kier alpha value is -1.57. The van der Waals surface area contributed by atoms with Gasteiger partial charge in [0, 0.05) is 29.4 Å². The summed E-state index contributed by atoms with van der Waals surface area (Å²) in [6.07, 6.45) is 2.73. The Balaban J connectivity index is 2.73. The highest BCUT2D eigenvalue weighted by molar-refractivity contribution is 9.10. The summed E-state index contributed by atoms with van der Waals surface area (Å²) in [7, 11) is -0.239. The van der Waals surface area contributed by atoms with Gasteiger partial charge in [-0.1, -0.05) is 30.3 Å². The number of methoxy groups -OCH3 is 2. The minimum atomic E-state index is -3.39. The van der Waals surface area contributed by atoms with E-state index < -0.39 is 10.0 Å². The van der Waals surface area contributed by atoms with Crippen molar-refractivity contribution in [3.8, 4) is 11.5 Å². The Morgan fingerprint density at radius 2 is 1.71 bits per heavy atom. The molecule has 0 spiro atoms. The third-order valence-electron chi connectivity index (χ3n) is 3.70. The van der Waals surface area contributed by atoms with E-state index in [1.807, 2.05) is 24.3 Å². The van der Waals surface area contributed by atoms with E-state index in [0.717, 1.165) is 10.8 Å². The maximum absolute atomic E-state index is 12.0. The van der Waals surface area contributed by atoms with E-state index in [0.29, 0.717) is 21.5 Å². The molecule has 0 unspecified atom stereocenters. The molecule has 0 heterocycles. The molecule has 0 amide bonds. The van der Waals surface area contributed by atoms with E-state index in [9.17, 15) is 8.42 Å². The zero-order chi connectivity index (χ0) is 17.9. The first kappa shape index (κ1) is 18.8. The van der Waals surface area contributed by atoms with Gasteiger partial charge in [0.2, 0.25) is 10.0 Å². The van der Waals surface area contributed by atoms with Crippen LogP contribution in [0.2, 0.25) is 0 Å². The smallest absolute Gasteiger partial charge is 0.211 e. The SMILES string of the molecule is C=CCN(Cc1c(Br)c(OC)c2ccccc2c1OC)S(C)(=O)=O. The summed E-state index contributed by atoms with van der Waals surface area (Å²) in [6, 6.07) is 7.67. The Kier molecular flexibility index (Phi) is 5.90. The fraction of sp³-hybridized carbons (Fsp3) is 0.294. The van der Waals surface area contributed by atoms with Crippen LogP contribution in [0.5, 0.6) is 11.5 Å². The minimum Gasteiger partial charge on any atom is -0.496 e. The van der Waals surface area contributed by atoms with Crippen LogP contribution in [-0.4, -0.2) is 39.7 Å². The summed E-state index contributed by atoms with van der Waals surface area (Å²) >= 11 is 3.55. The van der Waals surface area contributed by atoms with Crippen molar-refractivity contribution < 1.29 is 17.9 Å². The number of nitrogens with zero attached hydrogens (tertiary/aromatic N) is 1. The van der Waals surface area contributed by atoms with Crippen molar-refractivity contribution in [2.45, 2.75) is 6.54 Å². The van der Waals surface area contributed by atoms with Crippen LogP contribution in [0, 0.1) is 0 Å². The molecular weight excluding hydrogens is 394 g/mol. The van der Waals surface area contributed by atoms with Gasteiger partial charge >= 0.3 is 0 Å². The predicted octanol–water partition coefficient (Wildman–Crippen LogP) is 3.57. The number of sulfonamides is 1. The molecule has 0 aromatic heterocycles. The van der Waals surface area contributed by atoms with Crippen LogP contribution in [0.15, 0.2) is 41.4 Å². The molecule has 2 aromatic rings. The maximum Gasteiger partial charge on any atom is 0.211 e. The van der Waals surface area contributed by atoms with E-state index >= 15 is 0 Å². The van der Waals surface area contributed by atoms with Gasteiger partial charge in [-0.25, -0.2) is 8.42 Å². The molecule has 0 atom stereocenters. The van der Waals surface area contributed by atoms with E-state index in [2.05, 4.69) is 22.5 Å². The monoisotopic (exact) mass is 413 g/mol. The third kappa shape index (κ3) is 3.58. The van der Waals surface area contributed by atoms with Crippen LogP contribution >= 0.6 is 15.9 Å². The van der Waals surface area contributed by atoms with E-state index in [4.69, 9.17) is 9.47 Å². The molecule has 0 aliphatic rings. The predicted molar refractivity (Wildman–Crippen MR) is 100 cm³/mol. The molecule has 0 bridgehead atoms. The second-order valence-electron chi connectivity index (χ2n) is 5.25. The highest BCUT2D eigenvalue weighted by atomic mass is 79.9. The largest absolute Gasteiger partial charge is 0.496 e. The van der Waals surface area contributed by atoms with Crippen molar-refractivity contribution in [2.24, 2.45) is 0 Å². The van der Waals surface area contributed by atoms with Crippen molar-refractivity contribution in [3.63, 3.8) is 0 Å². The van der Waals surface area contributed by atoms with Crippen LogP contribution in [0.25, 0.3) is 10.8 Å². The highest BCUT2D eigenvalue weighted by Gasteiger charge is 2.24. The number of benzene rings is 2. The van der Waals surface area contributed by atoms with Crippen LogP contribution in [0.1, 0.15) is 5.56 Å². The second-order valence-corrected chi connectivity index (χ2v) is 8.02. The molecule has 0 saturated carbocycles. The van der Waals surface area contributed by atoms with Crippen molar-refractivity contribution in [1.29, 1.82) is 0 Å². The van der Waals surface area contributed by atoms with Gasteiger partial charge in [-0.15, -0.1) is 6.58 Å². The third-order valence-corrected chi connectivity index (χ3v) is 5.75. The lowest BCUT2D eigenvalue weighted by atomic mass is 10.0. The van der Waals surface area contributed by atoms with E-state index in [1.54, 1.807) is 20.3 Å². The van der Waals surface area contributed by atoms with Crippen LogP contribution in [-0.2, 0) is 16.6 Å². The minimum absolute atomic E-state index is 0.149. The molecule has 0 fully saturated rings. The lowest BCUT2D eigenvalue weighted by Crippen LogP contribution is -2.30. The first-order chi connectivity index (χ1) is 11.3. The standard InChI is InChI=1S/C17H20BrNO4S/c1-5-10-19(24(4,20)21)11-14-15(18)17(23-3)13-9-7-6-8-12(13)16(14)22-2/h5-9H,1,10-11H2,2-4H3. The molecule has 0 aliphatic heterocycles. The molecule has 2 rings (SSSR count). The number of hydrogen-bond acceptors (Lipinski definition) is 4. The summed E-state index contributed by atoms with van der Waals surface area (Å²) in [5, 5.41) is 1.75. The molecule has 130 valence electrons. The lowest BCUT2D eigenvalue weighted by molar-refractivity contribution is 0.388. The highest BCUT2D eigenvalue weighted by Crippen LogP contribution is 2.44. The van der Waals surface area contributed by atoms with Gasteiger partial charge in [0.25, 0.3) is 0 Å². The first-order valence-electron chi connectivity index (χ1n) is 7.22. The van der Waals surface area contributed by atoms with Crippen LogP contribution < -0.4 is 9.47 Å². The lowest BCUT2D eigenvalue weighted by Gasteiger charge is -2.23. The van der Waals surface area contributed by atoms with Crippen LogP contribution in [0.3, 0.4) is 0 Å². The normalized spacial score (nSPS) is 11.7. The summed E-state index contributed by atoms with van der Waals surface area (Å²) in [5.41, 5.74) is 0.709. The number of ether oxygens (including phenoxy) is 2. The first-order valence-corrected chi connectivity index (χ1v) is 9.86.